The molecule has 3 aromatic rings. The van der Waals surface area contributed by atoms with E-state index in [1.165, 1.54) is 5.56 Å². The summed E-state index contributed by atoms with van der Waals surface area (Å²) < 4.78 is 12.1. The number of nitrogens with zero attached hydrogens (tertiary/aromatic N) is 3. The SMILES string of the molecule is COc1ccc(CN2CCCC(C)(C)C23C=Nc2c(ccc4ncccc24)O3)cc1. The third-order valence-electron chi connectivity index (χ3n) is 6.56. The van der Waals surface area contributed by atoms with E-state index in [0.717, 1.165) is 54.0 Å². The molecule has 2 aliphatic rings. The summed E-state index contributed by atoms with van der Waals surface area (Å²) in [6, 6.07) is 16.3. The molecule has 0 saturated carbocycles. The summed E-state index contributed by atoms with van der Waals surface area (Å²) in [6.45, 7) is 6.33. The number of piperidine rings is 1. The minimum atomic E-state index is -0.589. The van der Waals surface area contributed by atoms with Crippen molar-refractivity contribution in [1.82, 2.24) is 9.88 Å². The van der Waals surface area contributed by atoms with Gasteiger partial charge in [0.05, 0.1) is 18.8 Å². The van der Waals surface area contributed by atoms with E-state index in [1.807, 2.05) is 42.7 Å². The number of aliphatic imine (C=N–C) groups is 1. The number of hydrogen-bond donors (Lipinski definition) is 0. The van der Waals surface area contributed by atoms with Crippen molar-refractivity contribution in [3.63, 3.8) is 0 Å². The van der Waals surface area contributed by atoms with Crippen LogP contribution in [0.25, 0.3) is 10.9 Å². The molecule has 0 N–H and O–H groups in total. The van der Waals surface area contributed by atoms with E-state index < -0.39 is 5.72 Å². The third kappa shape index (κ3) is 2.96. The van der Waals surface area contributed by atoms with Gasteiger partial charge in [0.15, 0.2) is 0 Å². The average molecular weight is 402 g/mol. The Morgan fingerprint density at radius 2 is 1.93 bits per heavy atom. The van der Waals surface area contributed by atoms with E-state index in [0.29, 0.717) is 0 Å². The molecule has 5 nitrogen and oxygen atoms in total. The fourth-order valence-corrected chi connectivity index (χ4v) is 4.77. The highest BCUT2D eigenvalue weighted by Gasteiger charge is 2.54. The molecule has 1 spiro atoms. The van der Waals surface area contributed by atoms with Crippen LogP contribution in [0.15, 0.2) is 59.7 Å². The Morgan fingerprint density at radius 1 is 1.10 bits per heavy atom. The van der Waals surface area contributed by atoms with E-state index in [-0.39, 0.29) is 5.41 Å². The van der Waals surface area contributed by atoms with Gasteiger partial charge in [-0.1, -0.05) is 26.0 Å². The van der Waals surface area contributed by atoms with Crippen LogP contribution in [0.5, 0.6) is 11.5 Å². The third-order valence-corrected chi connectivity index (χ3v) is 6.56. The number of rotatable bonds is 3. The number of aromatic nitrogens is 1. The van der Waals surface area contributed by atoms with Crippen LogP contribution < -0.4 is 9.47 Å². The molecule has 0 aliphatic carbocycles. The van der Waals surface area contributed by atoms with Crippen molar-refractivity contribution in [2.75, 3.05) is 13.7 Å². The smallest absolute Gasteiger partial charge is 0.205 e. The minimum absolute atomic E-state index is 0.0806. The zero-order valence-electron chi connectivity index (χ0n) is 17.8. The summed E-state index contributed by atoms with van der Waals surface area (Å²) in [5, 5.41) is 1.02. The molecule has 154 valence electrons. The normalized spacial score (nSPS) is 22.6. The van der Waals surface area contributed by atoms with Gasteiger partial charge in [0.2, 0.25) is 5.72 Å². The van der Waals surface area contributed by atoms with E-state index in [9.17, 15) is 0 Å². The number of methoxy groups -OCH3 is 1. The molecule has 2 aliphatic heterocycles. The first-order valence-corrected chi connectivity index (χ1v) is 10.5. The van der Waals surface area contributed by atoms with Gasteiger partial charge in [0, 0.05) is 30.1 Å². The zero-order chi connectivity index (χ0) is 20.8. The lowest BCUT2D eigenvalue weighted by atomic mass is 9.73. The van der Waals surface area contributed by atoms with Crippen molar-refractivity contribution < 1.29 is 9.47 Å². The van der Waals surface area contributed by atoms with Gasteiger partial charge < -0.3 is 9.47 Å². The number of ether oxygens (including phenoxy) is 2. The Morgan fingerprint density at radius 3 is 2.73 bits per heavy atom. The molecule has 2 aromatic carbocycles. The van der Waals surface area contributed by atoms with Crippen LogP contribution in [-0.4, -0.2) is 35.5 Å². The average Bonchev–Trinajstić information content (AvgIpc) is 2.77. The number of hydrogen-bond acceptors (Lipinski definition) is 5. The monoisotopic (exact) mass is 401 g/mol. The first-order valence-electron chi connectivity index (χ1n) is 10.5. The summed E-state index contributed by atoms with van der Waals surface area (Å²) in [6.07, 6.45) is 6.06. The second-order valence-electron chi connectivity index (χ2n) is 8.80. The molecular weight excluding hydrogens is 374 g/mol. The molecule has 1 fully saturated rings. The lowest BCUT2D eigenvalue weighted by molar-refractivity contribution is -0.138. The topological polar surface area (TPSA) is 47.0 Å². The maximum Gasteiger partial charge on any atom is 0.205 e. The van der Waals surface area contributed by atoms with Crippen molar-refractivity contribution >= 4 is 22.8 Å². The van der Waals surface area contributed by atoms with Gasteiger partial charge >= 0.3 is 0 Å². The summed E-state index contributed by atoms with van der Waals surface area (Å²) in [7, 11) is 1.69. The van der Waals surface area contributed by atoms with Crippen LogP contribution in [0.1, 0.15) is 32.3 Å². The predicted octanol–water partition coefficient (Wildman–Crippen LogP) is 5.36. The summed E-state index contributed by atoms with van der Waals surface area (Å²) >= 11 is 0. The molecule has 1 atom stereocenters. The molecule has 1 aromatic heterocycles. The molecule has 3 heterocycles. The molecule has 30 heavy (non-hydrogen) atoms. The van der Waals surface area contributed by atoms with Crippen molar-refractivity contribution in [2.24, 2.45) is 10.4 Å². The van der Waals surface area contributed by atoms with Gasteiger partial charge in [-0.05, 0) is 54.8 Å². The van der Waals surface area contributed by atoms with Crippen molar-refractivity contribution in [3.8, 4) is 11.5 Å². The molecule has 1 unspecified atom stereocenters. The van der Waals surface area contributed by atoms with Crippen LogP contribution in [0.2, 0.25) is 0 Å². The second kappa shape index (κ2) is 7.10. The number of likely N-dealkylation sites (tertiary alicyclic amines) is 1. The number of benzene rings is 2. The summed E-state index contributed by atoms with van der Waals surface area (Å²) in [4.78, 5) is 11.8. The van der Waals surface area contributed by atoms with Crippen molar-refractivity contribution in [1.29, 1.82) is 0 Å². The van der Waals surface area contributed by atoms with E-state index in [1.54, 1.807) is 7.11 Å². The highest BCUT2D eigenvalue weighted by Crippen LogP contribution is 2.50. The van der Waals surface area contributed by atoms with E-state index in [2.05, 4.69) is 41.9 Å². The largest absolute Gasteiger partial charge is 0.497 e. The van der Waals surface area contributed by atoms with Crippen LogP contribution in [0, 0.1) is 5.41 Å². The number of fused-ring (bicyclic) bond motifs is 3. The Balaban J connectivity index is 1.55. The molecule has 5 heteroatoms. The maximum absolute atomic E-state index is 6.84. The molecule has 0 bridgehead atoms. The van der Waals surface area contributed by atoms with E-state index >= 15 is 0 Å². The lowest BCUT2D eigenvalue weighted by Gasteiger charge is -2.55. The predicted molar refractivity (Wildman–Crippen MR) is 120 cm³/mol. The molecule has 0 amide bonds. The first kappa shape index (κ1) is 19.1. The Bertz CT molecular complexity index is 1110. The van der Waals surface area contributed by atoms with Gasteiger partial charge in [0.25, 0.3) is 0 Å². The van der Waals surface area contributed by atoms with Crippen LogP contribution in [0.4, 0.5) is 5.69 Å². The van der Waals surface area contributed by atoms with Gasteiger partial charge in [-0.25, -0.2) is 0 Å². The highest BCUT2D eigenvalue weighted by atomic mass is 16.5. The first-order chi connectivity index (χ1) is 14.5. The highest BCUT2D eigenvalue weighted by molar-refractivity contribution is 5.96. The summed E-state index contributed by atoms with van der Waals surface area (Å²) in [5.74, 6) is 1.70. The fourth-order valence-electron chi connectivity index (χ4n) is 4.77. The molecule has 5 rings (SSSR count). The van der Waals surface area contributed by atoms with Crippen LogP contribution >= 0.6 is 0 Å². The minimum Gasteiger partial charge on any atom is -0.497 e. The quantitative estimate of drug-likeness (QED) is 0.593. The van der Waals surface area contributed by atoms with Gasteiger partial charge in [0.1, 0.15) is 17.2 Å². The second-order valence-corrected chi connectivity index (χ2v) is 8.80. The van der Waals surface area contributed by atoms with Gasteiger partial charge in [-0.15, -0.1) is 0 Å². The van der Waals surface area contributed by atoms with Gasteiger partial charge in [-0.3, -0.25) is 14.9 Å². The van der Waals surface area contributed by atoms with E-state index in [4.69, 9.17) is 14.5 Å². The molecule has 1 saturated heterocycles. The molecule has 0 radical (unpaired) electrons. The van der Waals surface area contributed by atoms with Crippen molar-refractivity contribution in [2.45, 2.75) is 39.0 Å². The van der Waals surface area contributed by atoms with Gasteiger partial charge in [-0.2, -0.15) is 0 Å². The Kier molecular flexibility index (Phi) is 4.51. The Hall–Kier alpha value is -2.92. The standard InChI is InChI=1S/C25H27N3O2/c1-24(2)13-5-15-28(16-18-7-9-19(29-3)10-8-18)25(24)17-27-23-20-6-4-14-26-21(20)11-12-22(23)30-25/h4,6-12,14,17H,5,13,15-16H2,1-3H3. The number of pyridine rings is 1. The Labute approximate surface area is 177 Å². The van der Waals surface area contributed by atoms with Crippen LogP contribution in [-0.2, 0) is 6.54 Å². The zero-order valence-corrected chi connectivity index (χ0v) is 17.8. The van der Waals surface area contributed by atoms with Crippen LogP contribution in [0.3, 0.4) is 0 Å². The van der Waals surface area contributed by atoms with Crippen molar-refractivity contribution in [3.05, 3.63) is 60.3 Å². The maximum atomic E-state index is 6.84. The molecular formula is C25H27N3O2. The lowest BCUT2D eigenvalue weighted by Crippen LogP contribution is -2.66. The fraction of sp³-hybridized carbons (Fsp3) is 0.360. The summed E-state index contributed by atoms with van der Waals surface area (Å²) in [5.41, 5.74) is 2.37.